The van der Waals surface area contributed by atoms with E-state index in [4.69, 9.17) is 39.5 Å². The van der Waals surface area contributed by atoms with E-state index in [0.717, 1.165) is 5.56 Å². The van der Waals surface area contributed by atoms with Gasteiger partial charge in [0.1, 0.15) is 12.4 Å². The molecule has 3 atom stereocenters. The van der Waals surface area contributed by atoms with E-state index in [1.54, 1.807) is 72.6 Å². The van der Waals surface area contributed by atoms with Crippen LogP contribution in [0.3, 0.4) is 0 Å². The number of rotatable bonds is 5. The van der Waals surface area contributed by atoms with E-state index < -0.39 is 23.4 Å². The molecule has 3 aromatic rings. The number of hydrogen-bond donors (Lipinski definition) is 1. The molecule has 1 fully saturated rings. The molecule has 1 spiro atoms. The molecule has 2 heterocycles. The molecule has 7 nitrogen and oxygen atoms in total. The number of likely N-dealkylation sites (N-methyl/N-ethyl adjacent to an activating group) is 1. The molecule has 2 aliphatic rings. The van der Waals surface area contributed by atoms with Gasteiger partial charge in [0.2, 0.25) is 0 Å². The number of carbonyl (C=O) groups excluding carboxylic acids is 1. The average molecular weight is 533 g/mol. The van der Waals surface area contributed by atoms with Gasteiger partial charge in [-0.1, -0.05) is 65.1 Å². The lowest BCUT2D eigenvalue weighted by molar-refractivity contribution is -0.534. The Kier molecular flexibility index (Phi) is 6.13. The number of para-hydroxylation sites is 1. The number of nitro groups is 1. The van der Waals surface area contributed by atoms with Gasteiger partial charge in [-0.3, -0.25) is 19.8 Å². The standard InChI is InChI=1S/C25H20Cl3N3O4/c1-30-12-16(23(31(33)34)25(30)17-4-2-3-5-21(17)29-24(25)32)15-7-9-22(20(28)11-15)35-13-14-6-8-18(26)19(27)10-14/h2-11,16,23H,12-13H2,1H3,(H,29,32)/t16-,23-,25+/m1/s1. The van der Waals surface area contributed by atoms with Crippen molar-refractivity contribution in [1.82, 2.24) is 4.90 Å². The molecule has 5 rings (SSSR count). The lowest BCUT2D eigenvalue weighted by Crippen LogP contribution is -2.54. The van der Waals surface area contributed by atoms with Crippen LogP contribution >= 0.6 is 34.8 Å². The van der Waals surface area contributed by atoms with Gasteiger partial charge in [0.25, 0.3) is 11.9 Å². The first-order valence-corrected chi connectivity index (χ1v) is 12.0. The molecule has 0 unspecified atom stereocenters. The third-order valence-corrected chi connectivity index (χ3v) is 7.84. The van der Waals surface area contributed by atoms with Crippen LogP contribution in [0.1, 0.15) is 22.6 Å². The summed E-state index contributed by atoms with van der Waals surface area (Å²) in [5, 5.41) is 16.5. The smallest absolute Gasteiger partial charge is 0.256 e. The minimum Gasteiger partial charge on any atom is -0.487 e. The summed E-state index contributed by atoms with van der Waals surface area (Å²) in [5.74, 6) is -0.518. The largest absolute Gasteiger partial charge is 0.487 e. The van der Waals surface area contributed by atoms with Crippen molar-refractivity contribution in [3.63, 3.8) is 0 Å². The number of anilines is 1. The number of halogens is 3. The molecular formula is C25H20Cl3N3O4. The molecule has 0 aromatic heterocycles. The highest BCUT2D eigenvalue weighted by molar-refractivity contribution is 6.42. The summed E-state index contributed by atoms with van der Waals surface area (Å²) in [6.07, 6.45) is 0. The second kappa shape index (κ2) is 8.99. The molecule has 35 heavy (non-hydrogen) atoms. The number of benzene rings is 3. The van der Waals surface area contributed by atoms with Crippen LogP contribution in [0, 0.1) is 10.1 Å². The number of likely N-dealkylation sites (tertiary alicyclic amines) is 1. The van der Waals surface area contributed by atoms with E-state index in [9.17, 15) is 14.9 Å². The fourth-order valence-corrected chi connectivity index (χ4v) is 5.80. The van der Waals surface area contributed by atoms with E-state index in [1.165, 1.54) is 0 Å². The summed E-state index contributed by atoms with van der Waals surface area (Å²) in [4.78, 5) is 27.1. The Hall–Kier alpha value is -2.84. The van der Waals surface area contributed by atoms with Crippen molar-refractivity contribution in [1.29, 1.82) is 0 Å². The number of amides is 1. The molecule has 0 saturated carbocycles. The quantitative estimate of drug-likeness (QED) is 0.334. The molecule has 1 saturated heterocycles. The predicted molar refractivity (Wildman–Crippen MR) is 135 cm³/mol. The van der Waals surface area contributed by atoms with Crippen LogP contribution in [-0.4, -0.2) is 35.4 Å². The zero-order valence-corrected chi connectivity index (χ0v) is 20.8. The number of nitrogens with one attached hydrogen (secondary N) is 1. The topological polar surface area (TPSA) is 84.7 Å². The Morgan fingerprint density at radius 2 is 1.86 bits per heavy atom. The molecule has 0 bridgehead atoms. The average Bonchev–Trinajstić information content (AvgIpc) is 3.30. The van der Waals surface area contributed by atoms with Crippen LogP contribution in [0.4, 0.5) is 5.69 Å². The van der Waals surface area contributed by atoms with Crippen molar-refractivity contribution < 1.29 is 14.5 Å². The van der Waals surface area contributed by atoms with Crippen LogP contribution in [-0.2, 0) is 16.9 Å². The van der Waals surface area contributed by atoms with Crippen molar-refractivity contribution in [3.8, 4) is 5.75 Å². The molecular weight excluding hydrogens is 513 g/mol. The first kappa shape index (κ1) is 23.9. The highest BCUT2D eigenvalue weighted by atomic mass is 35.5. The molecule has 1 N–H and O–H groups in total. The summed E-state index contributed by atoms with van der Waals surface area (Å²) in [6.45, 7) is 0.535. The Labute approximate surface area is 216 Å². The molecule has 1 amide bonds. The first-order valence-electron chi connectivity index (χ1n) is 10.9. The summed E-state index contributed by atoms with van der Waals surface area (Å²) in [7, 11) is 1.74. The first-order chi connectivity index (χ1) is 16.7. The second-order valence-electron chi connectivity index (χ2n) is 8.71. The highest BCUT2D eigenvalue weighted by Gasteiger charge is 2.68. The van der Waals surface area contributed by atoms with Crippen molar-refractivity contribution in [2.24, 2.45) is 0 Å². The number of hydrogen-bond acceptors (Lipinski definition) is 5. The number of ether oxygens (including phenoxy) is 1. The zero-order chi connectivity index (χ0) is 24.9. The Morgan fingerprint density at radius 1 is 1.09 bits per heavy atom. The number of carbonyl (C=O) groups is 1. The predicted octanol–water partition coefficient (Wildman–Crippen LogP) is 5.75. The van der Waals surface area contributed by atoms with Gasteiger partial charge in [-0.25, -0.2) is 0 Å². The zero-order valence-electron chi connectivity index (χ0n) is 18.5. The minimum atomic E-state index is -1.40. The van der Waals surface area contributed by atoms with Crippen LogP contribution in [0.15, 0.2) is 60.7 Å². The Balaban J connectivity index is 1.45. The lowest BCUT2D eigenvalue weighted by Gasteiger charge is -2.30. The van der Waals surface area contributed by atoms with Crippen molar-refractivity contribution in [2.45, 2.75) is 24.1 Å². The summed E-state index contributed by atoms with van der Waals surface area (Å²) in [6, 6.07) is 16.3. The van der Waals surface area contributed by atoms with E-state index in [2.05, 4.69) is 5.32 Å². The van der Waals surface area contributed by atoms with Gasteiger partial charge in [-0.05, 0) is 48.5 Å². The van der Waals surface area contributed by atoms with Gasteiger partial charge in [-0.15, -0.1) is 0 Å². The maximum Gasteiger partial charge on any atom is 0.256 e. The molecule has 0 radical (unpaired) electrons. The Bertz CT molecular complexity index is 1350. The summed E-state index contributed by atoms with van der Waals surface area (Å²) in [5.41, 5.74) is 1.29. The van der Waals surface area contributed by atoms with Crippen molar-refractivity contribution >= 4 is 46.4 Å². The van der Waals surface area contributed by atoms with Gasteiger partial charge in [0, 0.05) is 22.7 Å². The van der Waals surface area contributed by atoms with E-state index in [-0.39, 0.29) is 11.5 Å². The third-order valence-electron chi connectivity index (χ3n) is 6.80. The maximum atomic E-state index is 13.2. The lowest BCUT2D eigenvalue weighted by atomic mass is 9.79. The van der Waals surface area contributed by atoms with Crippen LogP contribution in [0.5, 0.6) is 5.75 Å². The normalized spacial score (nSPS) is 23.4. The van der Waals surface area contributed by atoms with Gasteiger partial charge in [0.05, 0.1) is 21.0 Å². The minimum absolute atomic E-state index is 0.222. The second-order valence-corrected chi connectivity index (χ2v) is 9.93. The summed E-state index contributed by atoms with van der Waals surface area (Å²) >= 11 is 18.5. The van der Waals surface area contributed by atoms with Gasteiger partial charge < -0.3 is 10.1 Å². The molecule has 180 valence electrons. The SMILES string of the molecule is CN1C[C@H](c2ccc(OCc3ccc(Cl)c(Cl)c3)c(Cl)c2)[C@@H]([N+](=O)[O-])[C@@]12C(=O)Nc1ccccc12. The summed E-state index contributed by atoms with van der Waals surface area (Å²) < 4.78 is 5.85. The van der Waals surface area contributed by atoms with E-state index in [1.807, 2.05) is 0 Å². The number of nitrogens with zero attached hydrogens (tertiary/aromatic N) is 2. The van der Waals surface area contributed by atoms with Crippen LogP contribution in [0.25, 0.3) is 0 Å². The van der Waals surface area contributed by atoms with Gasteiger partial charge in [-0.2, -0.15) is 0 Å². The number of fused-ring (bicyclic) bond motifs is 2. The molecule has 10 heteroatoms. The van der Waals surface area contributed by atoms with Crippen LogP contribution < -0.4 is 10.1 Å². The fourth-order valence-electron chi connectivity index (χ4n) is 5.24. The Morgan fingerprint density at radius 3 is 2.57 bits per heavy atom. The van der Waals surface area contributed by atoms with E-state index in [0.29, 0.717) is 44.2 Å². The van der Waals surface area contributed by atoms with Gasteiger partial charge >= 0.3 is 0 Å². The van der Waals surface area contributed by atoms with Crippen molar-refractivity contribution in [3.05, 3.63) is 103 Å². The maximum absolute atomic E-state index is 13.2. The van der Waals surface area contributed by atoms with Gasteiger partial charge in [0.15, 0.2) is 5.54 Å². The highest BCUT2D eigenvalue weighted by Crippen LogP contribution is 2.52. The molecule has 0 aliphatic carbocycles. The molecule has 3 aromatic carbocycles. The van der Waals surface area contributed by atoms with Crippen LogP contribution in [0.2, 0.25) is 15.1 Å². The van der Waals surface area contributed by atoms with E-state index >= 15 is 0 Å². The third kappa shape index (κ3) is 3.83. The fraction of sp³-hybridized carbons (Fsp3) is 0.240. The van der Waals surface area contributed by atoms with Crippen molar-refractivity contribution in [2.75, 3.05) is 18.9 Å². The molecule has 2 aliphatic heterocycles. The monoisotopic (exact) mass is 531 g/mol.